The Kier molecular flexibility index (Phi) is 21.4. The molecule has 0 aliphatic carbocycles. The lowest BCUT2D eigenvalue weighted by Crippen LogP contribution is -2.47. The fourth-order valence-corrected chi connectivity index (χ4v) is 7.07. The minimum absolute atomic E-state index is 0.205. The first-order chi connectivity index (χ1) is 20.2. The zero-order chi connectivity index (χ0) is 31.3. The van der Waals surface area contributed by atoms with Gasteiger partial charge >= 0.3 is 0 Å². The molecule has 0 radical (unpaired) electrons. The molecular formula is C34H58N4S4. The van der Waals surface area contributed by atoms with E-state index in [1.54, 1.807) is 0 Å². The van der Waals surface area contributed by atoms with Crippen LogP contribution in [0.25, 0.3) is 0 Å². The van der Waals surface area contributed by atoms with Crippen molar-refractivity contribution >= 4 is 80.4 Å². The molecule has 0 aliphatic heterocycles. The van der Waals surface area contributed by atoms with Crippen LogP contribution in [0.5, 0.6) is 0 Å². The van der Waals surface area contributed by atoms with Gasteiger partial charge < -0.3 is 11.5 Å². The Bertz CT molecular complexity index is 876. The molecule has 1 rings (SSSR count). The lowest BCUT2D eigenvalue weighted by Gasteiger charge is -2.35. The van der Waals surface area contributed by atoms with Crippen molar-refractivity contribution in [3.05, 3.63) is 24.3 Å². The molecule has 2 atom stereocenters. The van der Waals surface area contributed by atoms with E-state index in [2.05, 4.69) is 27.7 Å². The van der Waals surface area contributed by atoms with Crippen molar-refractivity contribution in [2.24, 2.45) is 23.3 Å². The van der Waals surface area contributed by atoms with Gasteiger partial charge in [-0.15, -0.1) is 0 Å². The predicted octanol–water partition coefficient (Wildman–Crippen LogP) is 10.8. The van der Waals surface area contributed by atoms with Crippen molar-refractivity contribution in [2.75, 3.05) is 9.80 Å². The van der Waals surface area contributed by atoms with Crippen molar-refractivity contribution in [3.8, 4) is 0 Å². The maximum Gasteiger partial charge on any atom is 0.175 e. The molecule has 1 aromatic carbocycles. The average molecular weight is 651 g/mol. The second-order valence-corrected chi connectivity index (χ2v) is 13.2. The first-order valence-electron chi connectivity index (χ1n) is 16.6. The average Bonchev–Trinajstić information content (AvgIpc) is 2.96. The lowest BCUT2D eigenvalue weighted by atomic mass is 9.96. The number of hydrogen-bond donors (Lipinski definition) is 2. The number of anilines is 2. The molecule has 0 bridgehead atoms. The Labute approximate surface area is 279 Å². The topological polar surface area (TPSA) is 58.5 Å². The molecule has 0 fully saturated rings. The first kappa shape index (κ1) is 38.8. The van der Waals surface area contributed by atoms with Gasteiger partial charge in [0.25, 0.3) is 0 Å². The highest BCUT2D eigenvalue weighted by Gasteiger charge is 2.29. The number of unbranched alkanes of at least 4 members (excludes halogenated alkanes) is 12. The molecular weight excluding hydrogens is 593 g/mol. The van der Waals surface area contributed by atoms with Crippen LogP contribution < -0.4 is 21.3 Å². The van der Waals surface area contributed by atoms with Crippen molar-refractivity contribution in [1.82, 2.24) is 0 Å². The van der Waals surface area contributed by atoms with Crippen molar-refractivity contribution in [2.45, 2.75) is 143 Å². The van der Waals surface area contributed by atoms with Gasteiger partial charge in [-0.25, -0.2) is 0 Å². The van der Waals surface area contributed by atoms with Crippen molar-refractivity contribution < 1.29 is 0 Å². The van der Waals surface area contributed by atoms with Gasteiger partial charge in [0, 0.05) is 11.8 Å². The fourth-order valence-electron chi connectivity index (χ4n) is 5.60. The molecule has 2 unspecified atom stereocenters. The summed E-state index contributed by atoms with van der Waals surface area (Å²) in [6.45, 7) is 8.89. The van der Waals surface area contributed by atoms with E-state index in [1.807, 2.05) is 34.1 Å². The van der Waals surface area contributed by atoms with Crippen LogP contribution in [0.15, 0.2) is 24.3 Å². The highest BCUT2D eigenvalue weighted by atomic mass is 32.1. The van der Waals surface area contributed by atoms with Gasteiger partial charge in [0.2, 0.25) is 0 Å². The molecule has 0 amide bonds. The number of benzene rings is 1. The highest BCUT2D eigenvalue weighted by molar-refractivity contribution is 7.83. The third kappa shape index (κ3) is 13.6. The molecule has 0 saturated heterocycles. The number of nitrogens with zero attached hydrogens (tertiary/aromatic N) is 2. The SMILES string of the molecule is CCCCCCCCCC(CC)C(=S)N(C(N)=S)c1ccccc1N(C(N)=S)C(=S)C(CC)CCCCCCCCC. The summed E-state index contributed by atoms with van der Waals surface area (Å²) in [6, 6.07) is 7.93. The van der Waals surface area contributed by atoms with Gasteiger partial charge in [-0.3, -0.25) is 9.80 Å². The predicted molar refractivity (Wildman–Crippen MR) is 203 cm³/mol. The summed E-state index contributed by atoms with van der Waals surface area (Å²) in [5.41, 5.74) is 14.3. The Hall–Kier alpha value is -1.22. The van der Waals surface area contributed by atoms with Crippen LogP contribution in [0, 0.1) is 11.8 Å². The standard InChI is InChI=1S/C34H58N4S4/c1-5-9-11-13-15-17-19-23-27(7-3)31(39)37(33(35)41)29-25-21-22-26-30(29)38(34(36)42)32(40)28(8-4)24-20-18-16-14-12-10-6-2/h21-22,25-28H,5-20,23-24H2,1-4H3,(H2,35,41)(H2,36,42). The minimum Gasteiger partial charge on any atom is -0.376 e. The third-order valence-electron chi connectivity index (χ3n) is 8.24. The monoisotopic (exact) mass is 650 g/mol. The van der Waals surface area contributed by atoms with E-state index in [1.165, 1.54) is 77.0 Å². The zero-order valence-corrected chi connectivity index (χ0v) is 30.1. The zero-order valence-electron chi connectivity index (χ0n) is 26.9. The summed E-state index contributed by atoms with van der Waals surface area (Å²) >= 11 is 23.4. The molecule has 0 spiro atoms. The second kappa shape index (κ2) is 23.2. The van der Waals surface area contributed by atoms with E-state index in [-0.39, 0.29) is 22.1 Å². The summed E-state index contributed by atoms with van der Waals surface area (Å²) in [5.74, 6) is 0.410. The van der Waals surface area contributed by atoms with Crippen LogP contribution in [0.4, 0.5) is 11.4 Å². The normalized spacial score (nSPS) is 12.5. The number of thiocarbonyl (C=S) groups is 4. The van der Waals surface area contributed by atoms with Crippen LogP contribution in [0.1, 0.15) is 143 Å². The van der Waals surface area contributed by atoms with Crippen LogP contribution in [0.3, 0.4) is 0 Å². The number of rotatable bonds is 22. The largest absolute Gasteiger partial charge is 0.376 e. The Balaban J connectivity index is 3.10. The summed E-state index contributed by atoms with van der Waals surface area (Å²) < 4.78 is 0. The molecule has 8 heteroatoms. The second-order valence-electron chi connectivity index (χ2n) is 11.5. The highest BCUT2D eigenvalue weighted by Crippen LogP contribution is 2.34. The molecule has 4 N–H and O–H groups in total. The van der Waals surface area contributed by atoms with Gasteiger partial charge in [-0.05, 0) is 62.3 Å². The molecule has 4 nitrogen and oxygen atoms in total. The maximum absolute atomic E-state index is 6.37. The number of para-hydroxylation sites is 2. The van der Waals surface area contributed by atoms with E-state index in [0.29, 0.717) is 0 Å². The van der Waals surface area contributed by atoms with E-state index < -0.39 is 0 Å². The lowest BCUT2D eigenvalue weighted by molar-refractivity contribution is 0.524. The van der Waals surface area contributed by atoms with Crippen LogP contribution >= 0.6 is 48.9 Å². The van der Waals surface area contributed by atoms with Crippen molar-refractivity contribution in [1.29, 1.82) is 0 Å². The van der Waals surface area contributed by atoms with Crippen molar-refractivity contribution in [3.63, 3.8) is 0 Å². The molecule has 0 aromatic heterocycles. The number of nitrogens with two attached hydrogens (primary N) is 2. The molecule has 238 valence electrons. The minimum atomic E-state index is 0.205. The molecule has 1 aromatic rings. The maximum atomic E-state index is 6.37. The molecule has 42 heavy (non-hydrogen) atoms. The third-order valence-corrected chi connectivity index (χ3v) is 9.64. The van der Waals surface area contributed by atoms with Crippen LogP contribution in [0.2, 0.25) is 0 Å². The molecule has 0 saturated carbocycles. The Morgan fingerprint density at radius 3 is 1.14 bits per heavy atom. The summed E-state index contributed by atoms with van der Waals surface area (Å²) in [6.07, 6.45) is 21.7. The van der Waals surface area contributed by atoms with Gasteiger partial charge in [-0.2, -0.15) is 0 Å². The van der Waals surface area contributed by atoms with E-state index in [4.69, 9.17) is 60.3 Å². The van der Waals surface area contributed by atoms with Gasteiger partial charge in [0.15, 0.2) is 10.2 Å². The Morgan fingerprint density at radius 1 is 0.548 bits per heavy atom. The summed E-state index contributed by atoms with van der Waals surface area (Å²) in [5, 5.41) is 0.462. The van der Waals surface area contributed by atoms with Gasteiger partial charge in [0.05, 0.1) is 21.4 Å². The molecule has 0 aliphatic rings. The first-order valence-corrected chi connectivity index (χ1v) is 18.2. The van der Waals surface area contributed by atoms with E-state index in [0.717, 1.165) is 59.9 Å². The number of hydrogen-bond acceptors (Lipinski definition) is 4. The molecule has 0 heterocycles. The van der Waals surface area contributed by atoms with E-state index in [9.17, 15) is 0 Å². The fraction of sp³-hybridized carbons (Fsp3) is 0.706. The van der Waals surface area contributed by atoms with Crippen LogP contribution in [-0.4, -0.2) is 20.2 Å². The van der Waals surface area contributed by atoms with E-state index >= 15 is 0 Å². The van der Waals surface area contributed by atoms with Crippen LogP contribution in [-0.2, 0) is 0 Å². The quantitative estimate of drug-likeness (QED) is 0.0949. The Morgan fingerprint density at radius 2 is 0.857 bits per heavy atom. The smallest absolute Gasteiger partial charge is 0.175 e. The van der Waals surface area contributed by atoms with Gasteiger partial charge in [-0.1, -0.05) is 154 Å². The summed E-state index contributed by atoms with van der Waals surface area (Å²) in [7, 11) is 0. The summed E-state index contributed by atoms with van der Waals surface area (Å²) in [4.78, 5) is 5.21. The van der Waals surface area contributed by atoms with Gasteiger partial charge in [0.1, 0.15) is 0 Å².